The third-order valence-electron chi connectivity index (χ3n) is 2.68. The molecule has 0 radical (unpaired) electrons. The van der Waals surface area contributed by atoms with Crippen LogP contribution < -0.4 is 5.32 Å². The van der Waals surface area contributed by atoms with E-state index in [1.54, 1.807) is 24.3 Å². The first-order chi connectivity index (χ1) is 9.29. The molecule has 6 heteroatoms. The second-order valence-corrected chi connectivity index (χ2v) is 7.10. The minimum atomic E-state index is -3.15. The quantitative estimate of drug-likeness (QED) is 0.748. The molecule has 114 valence electrons. The number of aliphatic hydroxyl groups is 1. The lowest BCUT2D eigenvalue weighted by atomic mass is 10.2. The van der Waals surface area contributed by atoms with Crippen molar-refractivity contribution in [1.29, 1.82) is 0 Å². The van der Waals surface area contributed by atoms with Crippen LogP contribution in [-0.4, -0.2) is 45.1 Å². The summed E-state index contributed by atoms with van der Waals surface area (Å²) in [4.78, 5) is 0.312. The van der Waals surface area contributed by atoms with E-state index in [1.807, 2.05) is 13.8 Å². The van der Waals surface area contributed by atoms with E-state index in [-0.39, 0.29) is 6.10 Å². The summed E-state index contributed by atoms with van der Waals surface area (Å²) in [5.74, 6) is 0. The molecule has 1 aromatic carbocycles. The molecule has 0 saturated heterocycles. The first-order valence-electron chi connectivity index (χ1n) is 6.58. The Hall–Kier alpha value is -0.950. The highest BCUT2D eigenvalue weighted by Gasteiger charge is 2.07. The Bertz CT molecular complexity index is 496. The van der Waals surface area contributed by atoms with Gasteiger partial charge in [-0.25, -0.2) is 8.42 Å². The Morgan fingerprint density at radius 2 is 1.85 bits per heavy atom. The molecule has 0 amide bonds. The van der Waals surface area contributed by atoms with Crippen LogP contribution in [-0.2, 0) is 21.1 Å². The average molecular weight is 301 g/mol. The highest BCUT2D eigenvalue weighted by Crippen LogP contribution is 2.10. The van der Waals surface area contributed by atoms with Gasteiger partial charge in [0.2, 0.25) is 0 Å². The molecule has 0 bridgehead atoms. The third-order valence-corrected chi connectivity index (χ3v) is 3.81. The summed E-state index contributed by atoms with van der Waals surface area (Å²) in [7, 11) is -3.15. The Kier molecular flexibility index (Phi) is 6.61. The second-order valence-electron chi connectivity index (χ2n) is 5.08. The summed E-state index contributed by atoms with van der Waals surface area (Å²) in [5, 5.41) is 12.8. The summed E-state index contributed by atoms with van der Waals surface area (Å²) in [6.45, 7) is 5.15. The van der Waals surface area contributed by atoms with Crippen LogP contribution in [0.2, 0.25) is 0 Å². The van der Waals surface area contributed by atoms with Crippen LogP contribution in [0.3, 0.4) is 0 Å². The fourth-order valence-electron chi connectivity index (χ4n) is 1.60. The number of rotatable bonds is 8. The molecule has 1 rings (SSSR count). The molecule has 1 aromatic rings. The number of hydrogen-bond donors (Lipinski definition) is 2. The van der Waals surface area contributed by atoms with Gasteiger partial charge >= 0.3 is 0 Å². The summed E-state index contributed by atoms with van der Waals surface area (Å²) in [5.41, 5.74) is 0.967. The minimum absolute atomic E-state index is 0.105. The van der Waals surface area contributed by atoms with Crippen LogP contribution in [0.4, 0.5) is 0 Å². The highest BCUT2D eigenvalue weighted by atomic mass is 32.2. The fourth-order valence-corrected chi connectivity index (χ4v) is 2.23. The van der Waals surface area contributed by atoms with Crippen molar-refractivity contribution in [2.45, 2.75) is 37.5 Å². The zero-order valence-electron chi connectivity index (χ0n) is 12.2. The van der Waals surface area contributed by atoms with E-state index in [1.165, 1.54) is 6.26 Å². The number of ether oxygens (including phenoxy) is 1. The lowest BCUT2D eigenvalue weighted by Gasteiger charge is -2.14. The van der Waals surface area contributed by atoms with Crippen LogP contribution in [0.15, 0.2) is 29.2 Å². The van der Waals surface area contributed by atoms with Gasteiger partial charge in [-0.3, -0.25) is 0 Å². The van der Waals surface area contributed by atoms with Gasteiger partial charge < -0.3 is 15.2 Å². The smallest absolute Gasteiger partial charge is 0.175 e. The van der Waals surface area contributed by atoms with Gasteiger partial charge in [-0.2, -0.15) is 0 Å². The molecule has 20 heavy (non-hydrogen) atoms. The molecular weight excluding hydrogens is 278 g/mol. The maximum atomic E-state index is 11.3. The van der Waals surface area contributed by atoms with Crippen molar-refractivity contribution in [3.63, 3.8) is 0 Å². The van der Waals surface area contributed by atoms with Gasteiger partial charge in [-0.05, 0) is 31.5 Å². The predicted molar refractivity (Wildman–Crippen MR) is 78.4 cm³/mol. The molecule has 0 aliphatic heterocycles. The van der Waals surface area contributed by atoms with Crippen molar-refractivity contribution in [1.82, 2.24) is 5.32 Å². The van der Waals surface area contributed by atoms with E-state index in [4.69, 9.17) is 4.74 Å². The van der Waals surface area contributed by atoms with E-state index in [2.05, 4.69) is 5.32 Å². The van der Waals surface area contributed by atoms with Crippen LogP contribution in [0.25, 0.3) is 0 Å². The van der Waals surface area contributed by atoms with Crippen LogP contribution in [0.5, 0.6) is 0 Å². The highest BCUT2D eigenvalue weighted by molar-refractivity contribution is 7.90. The van der Waals surface area contributed by atoms with Gasteiger partial charge in [-0.15, -0.1) is 0 Å². The Labute approximate surface area is 120 Å². The summed E-state index contributed by atoms with van der Waals surface area (Å²) in [6, 6.07) is 6.70. The molecule has 0 aromatic heterocycles. The van der Waals surface area contributed by atoms with Crippen LogP contribution in [0, 0.1) is 0 Å². The van der Waals surface area contributed by atoms with E-state index in [9.17, 15) is 13.5 Å². The van der Waals surface area contributed by atoms with Gasteiger partial charge in [0, 0.05) is 19.3 Å². The SMILES string of the molecule is CC(C)OCC(O)CNCc1ccc(S(C)(=O)=O)cc1. The maximum Gasteiger partial charge on any atom is 0.175 e. The predicted octanol–water partition coefficient (Wildman–Crippen LogP) is 0.966. The molecule has 2 N–H and O–H groups in total. The largest absolute Gasteiger partial charge is 0.389 e. The molecular formula is C14H23NO4S. The zero-order valence-corrected chi connectivity index (χ0v) is 13.0. The summed E-state index contributed by atoms with van der Waals surface area (Å²) >= 11 is 0. The van der Waals surface area contributed by atoms with Crippen molar-refractivity contribution in [3.8, 4) is 0 Å². The number of benzene rings is 1. The lowest BCUT2D eigenvalue weighted by molar-refractivity contribution is 0.00630. The lowest BCUT2D eigenvalue weighted by Crippen LogP contribution is -2.31. The normalized spacial score (nSPS) is 13.7. The van der Waals surface area contributed by atoms with Crippen molar-refractivity contribution in [2.75, 3.05) is 19.4 Å². The maximum absolute atomic E-state index is 11.3. The molecule has 0 spiro atoms. The monoisotopic (exact) mass is 301 g/mol. The molecule has 0 aliphatic rings. The van der Waals surface area contributed by atoms with Gasteiger partial charge in [-0.1, -0.05) is 12.1 Å². The average Bonchev–Trinajstić information content (AvgIpc) is 2.36. The molecule has 1 unspecified atom stereocenters. The van der Waals surface area contributed by atoms with E-state index < -0.39 is 15.9 Å². The van der Waals surface area contributed by atoms with E-state index >= 15 is 0 Å². The zero-order chi connectivity index (χ0) is 15.2. The van der Waals surface area contributed by atoms with Crippen molar-refractivity contribution >= 4 is 9.84 Å². The number of hydrogen-bond acceptors (Lipinski definition) is 5. The summed E-state index contributed by atoms with van der Waals surface area (Å²) in [6.07, 6.45) is 0.742. The molecule has 5 nitrogen and oxygen atoms in total. The van der Waals surface area contributed by atoms with Gasteiger partial charge in [0.15, 0.2) is 9.84 Å². The van der Waals surface area contributed by atoms with Crippen molar-refractivity contribution in [3.05, 3.63) is 29.8 Å². The molecule has 0 fully saturated rings. The van der Waals surface area contributed by atoms with Crippen molar-refractivity contribution in [2.24, 2.45) is 0 Å². The summed E-state index contributed by atoms with van der Waals surface area (Å²) < 4.78 is 27.9. The second kappa shape index (κ2) is 7.73. The number of aliphatic hydroxyl groups excluding tert-OH is 1. The first-order valence-corrected chi connectivity index (χ1v) is 8.47. The minimum Gasteiger partial charge on any atom is -0.389 e. The third kappa shape index (κ3) is 6.47. The van der Waals surface area contributed by atoms with Gasteiger partial charge in [0.05, 0.1) is 23.7 Å². The molecule has 0 heterocycles. The number of nitrogens with one attached hydrogen (secondary N) is 1. The first kappa shape index (κ1) is 17.1. The van der Waals surface area contributed by atoms with E-state index in [0.29, 0.717) is 24.6 Å². The Morgan fingerprint density at radius 1 is 1.25 bits per heavy atom. The van der Waals surface area contributed by atoms with Crippen LogP contribution >= 0.6 is 0 Å². The Morgan fingerprint density at radius 3 is 2.35 bits per heavy atom. The topological polar surface area (TPSA) is 75.6 Å². The fraction of sp³-hybridized carbons (Fsp3) is 0.571. The van der Waals surface area contributed by atoms with Gasteiger partial charge in [0.1, 0.15) is 0 Å². The van der Waals surface area contributed by atoms with Gasteiger partial charge in [0.25, 0.3) is 0 Å². The van der Waals surface area contributed by atoms with E-state index in [0.717, 1.165) is 5.56 Å². The molecule has 1 atom stereocenters. The van der Waals surface area contributed by atoms with Crippen molar-refractivity contribution < 1.29 is 18.3 Å². The Balaban J connectivity index is 2.36. The molecule has 0 aliphatic carbocycles. The molecule has 0 saturated carbocycles. The van der Waals surface area contributed by atoms with Crippen LogP contribution in [0.1, 0.15) is 19.4 Å². The standard InChI is InChI=1S/C14H23NO4S/c1-11(2)19-10-13(16)9-15-8-12-4-6-14(7-5-12)20(3,17)18/h4-7,11,13,15-16H,8-10H2,1-3H3. The number of sulfone groups is 1.